The molecule has 0 aromatic heterocycles. The molecule has 0 radical (unpaired) electrons. The minimum Gasteiger partial charge on any atom is -0.239 e. The van der Waals surface area contributed by atoms with E-state index in [0.717, 1.165) is 0 Å². The third kappa shape index (κ3) is 0.340. The van der Waals surface area contributed by atoms with Gasteiger partial charge in [0.05, 0.1) is 0 Å². The van der Waals surface area contributed by atoms with Gasteiger partial charge in [0, 0.05) is 26.2 Å². The Morgan fingerprint density at radius 1 is 0.667 bits per heavy atom. The predicted octanol–water partition coefficient (Wildman–Crippen LogP) is -0.467. The second kappa shape index (κ2) is 0.768. The SMILES string of the molecule is C1CN1N1CC1. The lowest BCUT2D eigenvalue weighted by molar-refractivity contribution is 0.266. The highest BCUT2D eigenvalue weighted by molar-refractivity contribution is 4.78. The summed E-state index contributed by atoms with van der Waals surface area (Å²) in [5.41, 5.74) is 0. The van der Waals surface area contributed by atoms with Crippen molar-refractivity contribution >= 4 is 0 Å². The molecule has 2 fully saturated rings. The van der Waals surface area contributed by atoms with Crippen LogP contribution in [-0.2, 0) is 0 Å². The minimum atomic E-state index is 1.32. The molecule has 6 heavy (non-hydrogen) atoms. The van der Waals surface area contributed by atoms with E-state index in [-0.39, 0.29) is 0 Å². The Kier molecular flexibility index (Phi) is 0.383. The zero-order chi connectivity index (χ0) is 3.98. The van der Waals surface area contributed by atoms with Crippen LogP contribution in [0.25, 0.3) is 0 Å². The Morgan fingerprint density at radius 3 is 1.17 bits per heavy atom. The Bertz CT molecular complexity index is 53.9. The summed E-state index contributed by atoms with van der Waals surface area (Å²) in [6.07, 6.45) is 0. The van der Waals surface area contributed by atoms with Crippen molar-refractivity contribution in [2.75, 3.05) is 26.2 Å². The average molecular weight is 84.1 g/mol. The molecule has 0 aromatic rings. The van der Waals surface area contributed by atoms with Gasteiger partial charge in [-0.3, -0.25) is 0 Å². The highest BCUT2D eigenvalue weighted by atomic mass is 15.7. The highest BCUT2D eigenvalue weighted by Crippen LogP contribution is 2.16. The Morgan fingerprint density at radius 2 is 1.00 bits per heavy atom. The van der Waals surface area contributed by atoms with Crippen LogP contribution in [0.2, 0.25) is 0 Å². The normalized spacial score (nSPS) is 34.0. The molecule has 0 N–H and O–H groups in total. The van der Waals surface area contributed by atoms with Crippen LogP contribution in [0.5, 0.6) is 0 Å². The fourth-order valence-electron chi connectivity index (χ4n) is 0.655. The molecule has 0 saturated carbocycles. The average Bonchev–Trinajstić information content (AvgIpc) is 2.26. The molecule has 0 aromatic carbocycles. The van der Waals surface area contributed by atoms with Gasteiger partial charge in [-0.05, 0) is 0 Å². The molecule has 2 aliphatic heterocycles. The number of nitrogens with zero attached hydrogens (tertiary/aromatic N) is 2. The van der Waals surface area contributed by atoms with Gasteiger partial charge in [-0.1, -0.05) is 0 Å². The van der Waals surface area contributed by atoms with Crippen molar-refractivity contribution in [3.63, 3.8) is 0 Å². The lowest BCUT2D eigenvalue weighted by Crippen LogP contribution is -2.03. The van der Waals surface area contributed by atoms with E-state index in [4.69, 9.17) is 0 Å². The minimum absolute atomic E-state index is 1.32. The zero-order valence-corrected chi connectivity index (χ0v) is 3.72. The van der Waals surface area contributed by atoms with Gasteiger partial charge < -0.3 is 0 Å². The molecule has 0 amide bonds. The lowest BCUT2D eigenvalue weighted by Gasteiger charge is -1.92. The number of hydrogen-bond acceptors (Lipinski definition) is 2. The van der Waals surface area contributed by atoms with Crippen LogP contribution in [0.1, 0.15) is 0 Å². The molecule has 2 aliphatic rings. The van der Waals surface area contributed by atoms with E-state index in [1.807, 2.05) is 0 Å². The van der Waals surface area contributed by atoms with Gasteiger partial charge in [0.1, 0.15) is 0 Å². The standard InChI is InChI=1S/C4H8N2/c1-2-5(1)6-3-4-6/h1-4H2. The van der Waals surface area contributed by atoms with Crippen molar-refractivity contribution in [1.82, 2.24) is 10.0 Å². The molecule has 2 saturated heterocycles. The van der Waals surface area contributed by atoms with E-state index in [9.17, 15) is 0 Å². The van der Waals surface area contributed by atoms with E-state index >= 15 is 0 Å². The van der Waals surface area contributed by atoms with Gasteiger partial charge in [0.25, 0.3) is 0 Å². The first kappa shape index (κ1) is 2.99. The van der Waals surface area contributed by atoms with Gasteiger partial charge in [-0.2, -0.15) is 0 Å². The predicted molar refractivity (Wildman–Crippen MR) is 23.1 cm³/mol. The smallest absolute Gasteiger partial charge is 0.0275 e. The number of rotatable bonds is 1. The van der Waals surface area contributed by atoms with Crippen molar-refractivity contribution in [3.8, 4) is 0 Å². The van der Waals surface area contributed by atoms with E-state index in [2.05, 4.69) is 10.0 Å². The van der Waals surface area contributed by atoms with Gasteiger partial charge in [-0.15, -0.1) is 0 Å². The summed E-state index contributed by atoms with van der Waals surface area (Å²) in [6, 6.07) is 0. The van der Waals surface area contributed by atoms with Crippen LogP contribution in [-0.4, -0.2) is 36.2 Å². The molecule has 0 atom stereocenters. The maximum absolute atomic E-state index is 2.36. The first-order valence-electron chi connectivity index (χ1n) is 2.46. The van der Waals surface area contributed by atoms with E-state index in [0.29, 0.717) is 0 Å². The largest absolute Gasteiger partial charge is 0.239 e. The number of hydrazine groups is 1. The number of hydrogen-bond donors (Lipinski definition) is 0. The zero-order valence-electron chi connectivity index (χ0n) is 3.72. The fraction of sp³-hybridized carbons (Fsp3) is 1.00. The van der Waals surface area contributed by atoms with Crippen LogP contribution >= 0.6 is 0 Å². The quantitative estimate of drug-likeness (QED) is 0.396. The third-order valence-corrected chi connectivity index (χ3v) is 1.25. The van der Waals surface area contributed by atoms with Gasteiger partial charge in [-0.25, -0.2) is 10.0 Å². The molecular formula is C4H8N2. The second-order valence-electron chi connectivity index (χ2n) is 1.91. The highest BCUT2D eigenvalue weighted by Gasteiger charge is 2.32. The maximum Gasteiger partial charge on any atom is 0.0275 e. The van der Waals surface area contributed by atoms with E-state index < -0.39 is 0 Å². The molecule has 2 heteroatoms. The first-order valence-corrected chi connectivity index (χ1v) is 2.46. The summed E-state index contributed by atoms with van der Waals surface area (Å²) in [5.74, 6) is 0. The van der Waals surface area contributed by atoms with E-state index in [1.165, 1.54) is 26.2 Å². The van der Waals surface area contributed by atoms with Crippen molar-refractivity contribution < 1.29 is 0 Å². The molecule has 2 rings (SSSR count). The topological polar surface area (TPSA) is 6.02 Å². The van der Waals surface area contributed by atoms with Crippen molar-refractivity contribution in [1.29, 1.82) is 0 Å². The Labute approximate surface area is 37.3 Å². The van der Waals surface area contributed by atoms with Crippen molar-refractivity contribution in [2.45, 2.75) is 0 Å². The molecule has 0 aliphatic carbocycles. The summed E-state index contributed by atoms with van der Waals surface area (Å²) in [6.45, 7) is 5.28. The molecule has 0 unspecified atom stereocenters. The molecule has 2 nitrogen and oxygen atoms in total. The summed E-state index contributed by atoms with van der Waals surface area (Å²) in [5, 5.41) is 4.72. The molecule has 2 heterocycles. The van der Waals surface area contributed by atoms with Crippen LogP contribution in [0.3, 0.4) is 0 Å². The Balaban J connectivity index is 1.92. The van der Waals surface area contributed by atoms with Crippen LogP contribution in [0.15, 0.2) is 0 Å². The maximum atomic E-state index is 2.36. The van der Waals surface area contributed by atoms with Crippen LogP contribution in [0, 0.1) is 0 Å². The molecule has 0 bridgehead atoms. The van der Waals surface area contributed by atoms with Crippen molar-refractivity contribution in [3.05, 3.63) is 0 Å². The van der Waals surface area contributed by atoms with E-state index in [1.54, 1.807) is 0 Å². The Hall–Kier alpha value is -0.0800. The van der Waals surface area contributed by atoms with Crippen LogP contribution in [0.4, 0.5) is 0 Å². The van der Waals surface area contributed by atoms with Gasteiger partial charge in [0.2, 0.25) is 0 Å². The fourth-order valence-corrected chi connectivity index (χ4v) is 0.655. The molecule has 34 valence electrons. The van der Waals surface area contributed by atoms with Gasteiger partial charge in [0.15, 0.2) is 0 Å². The van der Waals surface area contributed by atoms with Crippen LogP contribution < -0.4 is 0 Å². The summed E-state index contributed by atoms with van der Waals surface area (Å²) in [7, 11) is 0. The molecular weight excluding hydrogens is 76.1 g/mol. The van der Waals surface area contributed by atoms with Crippen molar-refractivity contribution in [2.24, 2.45) is 0 Å². The molecule has 0 spiro atoms. The second-order valence-corrected chi connectivity index (χ2v) is 1.91. The summed E-state index contributed by atoms with van der Waals surface area (Å²) < 4.78 is 0. The summed E-state index contributed by atoms with van der Waals surface area (Å²) in [4.78, 5) is 0. The lowest BCUT2D eigenvalue weighted by atomic mass is 11.0. The first-order chi connectivity index (χ1) is 2.97. The van der Waals surface area contributed by atoms with Gasteiger partial charge >= 0.3 is 0 Å². The monoisotopic (exact) mass is 84.1 g/mol. The third-order valence-electron chi connectivity index (χ3n) is 1.25. The summed E-state index contributed by atoms with van der Waals surface area (Å²) >= 11 is 0.